The average Bonchev–Trinajstić information content (AvgIpc) is 3.09. The first-order chi connectivity index (χ1) is 12.7. The van der Waals surface area contributed by atoms with Crippen molar-refractivity contribution >= 4 is 0 Å². The normalized spacial score (nSPS) is 32.2. The summed E-state index contributed by atoms with van der Waals surface area (Å²) in [6, 6.07) is 15.7. The van der Waals surface area contributed by atoms with E-state index in [1.807, 2.05) is 12.1 Å². The maximum Gasteiger partial charge on any atom is 0.0243 e. The minimum Gasteiger partial charge on any atom is -0.115 e. The van der Waals surface area contributed by atoms with E-state index in [1.54, 1.807) is 11.1 Å². The molecule has 0 nitrogen and oxygen atoms in total. The van der Waals surface area contributed by atoms with Crippen LogP contribution < -0.4 is 0 Å². The van der Waals surface area contributed by atoms with E-state index in [2.05, 4.69) is 43.2 Å². The van der Waals surface area contributed by atoms with Gasteiger partial charge in [0, 0.05) is 5.56 Å². The zero-order valence-electron chi connectivity index (χ0n) is 15.8. The van der Waals surface area contributed by atoms with Gasteiger partial charge in [0.2, 0.25) is 0 Å². The number of fused-ring (bicyclic) bond motifs is 5. The summed E-state index contributed by atoms with van der Waals surface area (Å²) in [5, 5.41) is 0. The third-order valence-corrected chi connectivity index (χ3v) is 7.89. The molecule has 3 aliphatic rings. The van der Waals surface area contributed by atoms with Crippen molar-refractivity contribution in [3.05, 3.63) is 59.2 Å². The van der Waals surface area contributed by atoms with Crippen molar-refractivity contribution in [2.24, 2.45) is 17.3 Å². The van der Waals surface area contributed by atoms with Crippen molar-refractivity contribution in [3.8, 4) is 23.5 Å². The van der Waals surface area contributed by atoms with Gasteiger partial charge in [-0.2, -0.15) is 0 Å². The lowest BCUT2D eigenvalue weighted by atomic mass is 9.56. The smallest absolute Gasteiger partial charge is 0.0243 e. The second kappa shape index (κ2) is 6.02. The molecule has 0 amide bonds. The minimum atomic E-state index is 0.650. The fourth-order valence-corrected chi connectivity index (χ4v) is 6.51. The minimum absolute atomic E-state index is 0.650. The van der Waals surface area contributed by atoms with Crippen LogP contribution in [0.25, 0.3) is 11.1 Å². The lowest BCUT2D eigenvalue weighted by molar-refractivity contribution is 0.0599. The lowest BCUT2D eigenvalue weighted by Gasteiger charge is -2.49. The molecule has 2 fully saturated rings. The summed E-state index contributed by atoms with van der Waals surface area (Å²) in [5.74, 6) is 5.43. The average molecular weight is 341 g/mol. The molecule has 0 bridgehead atoms. The van der Waals surface area contributed by atoms with Gasteiger partial charge in [0.05, 0.1) is 0 Å². The number of terminal acetylenes is 1. The Morgan fingerprint density at radius 3 is 2.58 bits per heavy atom. The molecule has 0 radical (unpaired) electrons. The highest BCUT2D eigenvalue weighted by Gasteiger charge is 2.50. The molecule has 0 spiro atoms. The predicted octanol–water partition coefficient (Wildman–Crippen LogP) is 6.58. The molecule has 0 aromatic heterocycles. The first-order valence-corrected chi connectivity index (χ1v) is 10.4. The van der Waals surface area contributed by atoms with Crippen LogP contribution in [-0.4, -0.2) is 0 Å². The standard InChI is InChI=1S/C26H28/c1-3-18-6-8-19(9-7-18)20-10-12-22-21(17-20)11-13-24-23(22)14-16-26(2)15-4-5-25(24)26/h1,6-10,12,17,23-25H,4-5,11,13-16H2,2H3/t23-,24-,25+,26+/m1/s1. The monoisotopic (exact) mass is 340 g/mol. The summed E-state index contributed by atoms with van der Waals surface area (Å²) in [6.45, 7) is 2.58. The predicted molar refractivity (Wildman–Crippen MR) is 109 cm³/mol. The second-order valence-corrected chi connectivity index (χ2v) is 9.14. The first kappa shape index (κ1) is 16.2. The maximum atomic E-state index is 5.49. The van der Waals surface area contributed by atoms with Crippen LogP contribution in [0.2, 0.25) is 0 Å². The lowest BCUT2D eigenvalue weighted by Crippen LogP contribution is -2.39. The van der Waals surface area contributed by atoms with Crippen molar-refractivity contribution in [1.82, 2.24) is 0 Å². The highest BCUT2D eigenvalue weighted by molar-refractivity contribution is 5.66. The SMILES string of the molecule is C#Cc1ccc(-c2ccc3c(c2)CC[C@@H]2[C@@H]3CC[C@]3(C)CCC[C@@H]23)cc1. The van der Waals surface area contributed by atoms with E-state index < -0.39 is 0 Å². The number of hydrogen-bond acceptors (Lipinski definition) is 0. The Hall–Kier alpha value is -2.00. The molecule has 5 rings (SSSR count). The fourth-order valence-electron chi connectivity index (χ4n) is 6.51. The zero-order valence-corrected chi connectivity index (χ0v) is 15.8. The summed E-state index contributed by atoms with van der Waals surface area (Å²) >= 11 is 0. The van der Waals surface area contributed by atoms with Crippen LogP contribution in [0.3, 0.4) is 0 Å². The summed E-state index contributed by atoms with van der Waals surface area (Å²) in [7, 11) is 0. The molecule has 132 valence electrons. The van der Waals surface area contributed by atoms with E-state index in [-0.39, 0.29) is 0 Å². The Kier molecular flexibility index (Phi) is 3.75. The van der Waals surface area contributed by atoms with E-state index in [9.17, 15) is 0 Å². The molecule has 2 aromatic carbocycles. The van der Waals surface area contributed by atoms with Crippen LogP contribution in [-0.2, 0) is 6.42 Å². The highest BCUT2D eigenvalue weighted by Crippen LogP contribution is 2.60. The molecule has 2 aromatic rings. The van der Waals surface area contributed by atoms with E-state index in [1.165, 1.54) is 56.1 Å². The quantitative estimate of drug-likeness (QED) is 0.514. The second-order valence-electron chi connectivity index (χ2n) is 9.14. The van der Waals surface area contributed by atoms with E-state index in [0.717, 1.165) is 23.3 Å². The molecule has 0 N–H and O–H groups in total. The van der Waals surface area contributed by atoms with Crippen LogP contribution in [0.1, 0.15) is 68.1 Å². The zero-order chi connectivity index (χ0) is 17.7. The Labute approximate surface area is 158 Å². The first-order valence-electron chi connectivity index (χ1n) is 10.4. The summed E-state index contributed by atoms with van der Waals surface area (Å²) in [4.78, 5) is 0. The van der Waals surface area contributed by atoms with Gasteiger partial charge in [0.1, 0.15) is 0 Å². The molecular formula is C26H28. The van der Waals surface area contributed by atoms with Crippen LogP contribution in [0, 0.1) is 29.6 Å². The highest BCUT2D eigenvalue weighted by atomic mass is 14.5. The van der Waals surface area contributed by atoms with E-state index >= 15 is 0 Å². The third-order valence-electron chi connectivity index (χ3n) is 7.89. The molecule has 0 heteroatoms. The van der Waals surface area contributed by atoms with Crippen LogP contribution in [0.5, 0.6) is 0 Å². The Morgan fingerprint density at radius 1 is 0.962 bits per heavy atom. The molecule has 4 atom stereocenters. The van der Waals surface area contributed by atoms with Crippen LogP contribution >= 0.6 is 0 Å². The topological polar surface area (TPSA) is 0 Å². The maximum absolute atomic E-state index is 5.49. The fraction of sp³-hybridized carbons (Fsp3) is 0.462. The Bertz CT molecular complexity index is 866. The molecule has 2 saturated carbocycles. The number of aryl methyl sites for hydroxylation is 1. The van der Waals surface area contributed by atoms with Crippen molar-refractivity contribution in [2.75, 3.05) is 0 Å². The van der Waals surface area contributed by atoms with Gasteiger partial charge >= 0.3 is 0 Å². The summed E-state index contributed by atoms with van der Waals surface area (Å²) < 4.78 is 0. The van der Waals surface area contributed by atoms with Crippen molar-refractivity contribution in [2.45, 2.75) is 57.8 Å². The largest absolute Gasteiger partial charge is 0.115 e. The number of benzene rings is 2. The molecule has 3 aliphatic carbocycles. The number of rotatable bonds is 1. The summed E-state index contributed by atoms with van der Waals surface area (Å²) in [5.41, 5.74) is 7.49. The van der Waals surface area contributed by atoms with Gasteiger partial charge < -0.3 is 0 Å². The van der Waals surface area contributed by atoms with Crippen LogP contribution in [0.4, 0.5) is 0 Å². The van der Waals surface area contributed by atoms with Gasteiger partial charge in [0.25, 0.3) is 0 Å². The molecule has 0 unspecified atom stereocenters. The van der Waals surface area contributed by atoms with E-state index in [0.29, 0.717) is 5.41 Å². The molecular weight excluding hydrogens is 312 g/mol. The molecule has 0 saturated heterocycles. The van der Waals surface area contributed by atoms with Gasteiger partial charge in [-0.3, -0.25) is 0 Å². The van der Waals surface area contributed by atoms with E-state index in [4.69, 9.17) is 6.42 Å². The molecule has 0 heterocycles. The van der Waals surface area contributed by atoms with Crippen molar-refractivity contribution in [3.63, 3.8) is 0 Å². The van der Waals surface area contributed by atoms with Gasteiger partial charge in [-0.05, 0) is 96.1 Å². The van der Waals surface area contributed by atoms with Crippen LogP contribution in [0.15, 0.2) is 42.5 Å². The molecule has 0 aliphatic heterocycles. The van der Waals surface area contributed by atoms with Gasteiger partial charge in [0.15, 0.2) is 0 Å². The van der Waals surface area contributed by atoms with Gasteiger partial charge in [-0.25, -0.2) is 0 Å². The third kappa shape index (κ3) is 2.44. The Balaban J connectivity index is 1.47. The number of hydrogen-bond donors (Lipinski definition) is 0. The molecule has 26 heavy (non-hydrogen) atoms. The summed E-state index contributed by atoms with van der Waals surface area (Å²) in [6.07, 6.45) is 15.4. The van der Waals surface area contributed by atoms with Crippen molar-refractivity contribution < 1.29 is 0 Å². The van der Waals surface area contributed by atoms with Gasteiger partial charge in [-0.1, -0.05) is 49.6 Å². The Morgan fingerprint density at radius 2 is 1.77 bits per heavy atom. The van der Waals surface area contributed by atoms with Crippen molar-refractivity contribution in [1.29, 1.82) is 0 Å². The van der Waals surface area contributed by atoms with Gasteiger partial charge in [-0.15, -0.1) is 6.42 Å².